The fraction of sp³-hybridized carbons (Fsp3) is 0.560. The first-order valence-electron chi connectivity index (χ1n) is 11.8. The molecule has 3 heterocycles. The number of hydrogen-bond donors (Lipinski definition) is 2. The van der Waals surface area contributed by atoms with Crippen LogP contribution in [0.4, 0.5) is 17.3 Å². The summed E-state index contributed by atoms with van der Waals surface area (Å²) in [4.78, 5) is 25.4. The molecule has 0 aliphatic carbocycles. The second kappa shape index (κ2) is 12.4. The van der Waals surface area contributed by atoms with Crippen LogP contribution in [-0.4, -0.2) is 60.1 Å². The van der Waals surface area contributed by atoms with Crippen LogP contribution in [0, 0.1) is 5.41 Å². The number of amides is 1. The Hall–Kier alpha value is -2.87. The molecule has 1 aromatic heterocycles. The van der Waals surface area contributed by atoms with Crippen molar-refractivity contribution in [3.05, 3.63) is 36.5 Å². The number of likely N-dealkylation sites (tertiary alicyclic amines) is 1. The lowest BCUT2D eigenvalue weighted by atomic mass is 9.99. The molecule has 182 valence electrons. The minimum Gasteiger partial charge on any atom is -0.463 e. The molecule has 8 nitrogen and oxygen atoms in total. The van der Waals surface area contributed by atoms with Gasteiger partial charge in [-0.05, 0) is 36.9 Å². The van der Waals surface area contributed by atoms with Crippen LogP contribution >= 0.6 is 0 Å². The van der Waals surface area contributed by atoms with E-state index in [1.54, 1.807) is 6.08 Å². The summed E-state index contributed by atoms with van der Waals surface area (Å²) in [6, 6.07) is 0.214. The Bertz CT molecular complexity index is 866. The summed E-state index contributed by atoms with van der Waals surface area (Å²) in [5.74, 6) is 0.620. The molecule has 1 aromatic rings. The lowest BCUT2D eigenvalue weighted by Crippen LogP contribution is -2.40. The first-order chi connectivity index (χ1) is 15.7. The van der Waals surface area contributed by atoms with Gasteiger partial charge in [-0.1, -0.05) is 65.5 Å². The van der Waals surface area contributed by atoms with Crippen LogP contribution < -0.4 is 20.7 Å². The standard InChI is InChI=1S/C23H34N6O2.C2H6/c1-5-9-17(10-8-13-28-11-6-7-12-28)14-29-15-18(30)25-19-20(24)26-22(27-21(19)29)31-16-23(2,3)4;1-2/h5,8-10H,1,6-7,11-16H2,2-4H3,(H,25,30)(H2,24,26,27);1-2H3/b10-8+,17-9+;. The Balaban J connectivity index is 0.00000187. The van der Waals surface area contributed by atoms with Gasteiger partial charge in [0.2, 0.25) is 5.91 Å². The quantitative estimate of drug-likeness (QED) is 0.570. The van der Waals surface area contributed by atoms with Crippen molar-refractivity contribution in [3.8, 4) is 6.01 Å². The van der Waals surface area contributed by atoms with Gasteiger partial charge in [-0.25, -0.2) is 0 Å². The number of ether oxygens (including phenoxy) is 1. The first kappa shape index (κ1) is 26.4. The number of aromatic nitrogens is 2. The Morgan fingerprint density at radius 1 is 1.24 bits per heavy atom. The zero-order valence-electron chi connectivity index (χ0n) is 20.9. The van der Waals surface area contributed by atoms with E-state index in [2.05, 4.69) is 59.7 Å². The zero-order valence-corrected chi connectivity index (χ0v) is 20.9. The molecule has 0 radical (unpaired) electrons. The Morgan fingerprint density at radius 3 is 2.58 bits per heavy atom. The van der Waals surface area contributed by atoms with E-state index in [-0.39, 0.29) is 29.7 Å². The van der Waals surface area contributed by atoms with Gasteiger partial charge in [-0.3, -0.25) is 9.69 Å². The molecular formula is C25H40N6O2. The lowest BCUT2D eigenvalue weighted by molar-refractivity contribution is -0.115. The summed E-state index contributed by atoms with van der Waals surface area (Å²) in [6.45, 7) is 18.4. The molecule has 2 aliphatic rings. The molecule has 1 amide bonds. The number of carbonyl (C=O) groups excluding carboxylic acids is 1. The van der Waals surface area contributed by atoms with Crippen LogP contribution in [0.25, 0.3) is 0 Å². The summed E-state index contributed by atoms with van der Waals surface area (Å²) < 4.78 is 5.77. The molecule has 0 spiro atoms. The Morgan fingerprint density at radius 2 is 1.94 bits per heavy atom. The highest BCUT2D eigenvalue weighted by Gasteiger charge is 2.28. The van der Waals surface area contributed by atoms with Crippen LogP contribution in [0.15, 0.2) is 36.5 Å². The number of fused-ring (bicyclic) bond motifs is 1. The van der Waals surface area contributed by atoms with Crippen molar-refractivity contribution < 1.29 is 9.53 Å². The topological polar surface area (TPSA) is 96.6 Å². The van der Waals surface area contributed by atoms with Crippen molar-refractivity contribution in [2.24, 2.45) is 5.41 Å². The maximum absolute atomic E-state index is 12.3. The minimum atomic E-state index is -0.148. The van der Waals surface area contributed by atoms with Gasteiger partial charge < -0.3 is 20.7 Å². The van der Waals surface area contributed by atoms with Gasteiger partial charge >= 0.3 is 6.01 Å². The average molecular weight is 457 g/mol. The van der Waals surface area contributed by atoms with E-state index in [9.17, 15) is 4.79 Å². The Kier molecular flexibility index (Phi) is 9.91. The average Bonchev–Trinajstić information content (AvgIpc) is 3.27. The van der Waals surface area contributed by atoms with E-state index in [0.29, 0.717) is 24.7 Å². The summed E-state index contributed by atoms with van der Waals surface area (Å²) in [5, 5.41) is 2.79. The molecule has 0 saturated carbocycles. The number of hydrogen-bond acceptors (Lipinski definition) is 7. The predicted octanol–water partition coefficient (Wildman–Crippen LogP) is 4.03. The number of rotatable bonds is 8. The number of nitrogens with one attached hydrogen (secondary N) is 1. The van der Waals surface area contributed by atoms with Gasteiger partial charge in [-0.15, -0.1) is 0 Å². The lowest BCUT2D eigenvalue weighted by Gasteiger charge is -2.30. The van der Waals surface area contributed by atoms with Crippen LogP contribution in [0.1, 0.15) is 47.5 Å². The third-order valence-corrected chi connectivity index (χ3v) is 5.03. The number of anilines is 3. The van der Waals surface area contributed by atoms with E-state index in [1.165, 1.54) is 12.8 Å². The third kappa shape index (κ3) is 8.20. The first-order valence-corrected chi connectivity index (χ1v) is 11.8. The van der Waals surface area contributed by atoms with E-state index >= 15 is 0 Å². The summed E-state index contributed by atoms with van der Waals surface area (Å²) in [6.07, 6.45) is 10.5. The van der Waals surface area contributed by atoms with E-state index in [0.717, 1.165) is 25.2 Å². The molecule has 2 aliphatic heterocycles. The van der Waals surface area contributed by atoms with Crippen molar-refractivity contribution in [2.75, 3.05) is 55.3 Å². The maximum atomic E-state index is 12.3. The number of nitrogen functional groups attached to an aromatic ring is 1. The molecule has 1 saturated heterocycles. The molecule has 0 unspecified atom stereocenters. The molecular weight excluding hydrogens is 416 g/mol. The van der Waals surface area contributed by atoms with Crippen molar-refractivity contribution in [3.63, 3.8) is 0 Å². The molecule has 3 N–H and O–H groups in total. The largest absolute Gasteiger partial charge is 0.463 e. The molecule has 1 fully saturated rings. The van der Waals surface area contributed by atoms with Crippen molar-refractivity contribution in [2.45, 2.75) is 47.5 Å². The maximum Gasteiger partial charge on any atom is 0.320 e. The van der Waals surface area contributed by atoms with Crippen molar-refractivity contribution in [1.29, 1.82) is 0 Å². The number of nitrogens with zero attached hydrogens (tertiary/aromatic N) is 4. The minimum absolute atomic E-state index is 0.0398. The molecule has 33 heavy (non-hydrogen) atoms. The van der Waals surface area contributed by atoms with Gasteiger partial charge in [0.05, 0.1) is 13.2 Å². The Labute approximate surface area is 198 Å². The van der Waals surface area contributed by atoms with Crippen LogP contribution in [0.2, 0.25) is 0 Å². The summed E-state index contributed by atoms with van der Waals surface area (Å²) in [7, 11) is 0. The summed E-state index contributed by atoms with van der Waals surface area (Å²) in [5.41, 5.74) is 7.54. The highest BCUT2D eigenvalue weighted by molar-refractivity contribution is 6.03. The van der Waals surface area contributed by atoms with Gasteiger partial charge in [0, 0.05) is 13.1 Å². The predicted molar refractivity (Wildman–Crippen MR) is 137 cm³/mol. The second-order valence-corrected chi connectivity index (χ2v) is 9.23. The van der Waals surface area contributed by atoms with E-state index < -0.39 is 0 Å². The molecule has 8 heteroatoms. The third-order valence-electron chi connectivity index (χ3n) is 5.03. The number of allylic oxidation sites excluding steroid dienone is 2. The smallest absolute Gasteiger partial charge is 0.320 e. The van der Waals surface area contributed by atoms with Gasteiger partial charge in [0.1, 0.15) is 5.69 Å². The van der Waals surface area contributed by atoms with Crippen LogP contribution in [0.3, 0.4) is 0 Å². The van der Waals surface area contributed by atoms with Gasteiger partial charge in [-0.2, -0.15) is 9.97 Å². The zero-order chi connectivity index (χ0) is 24.4. The number of nitrogens with two attached hydrogens (primary N) is 1. The van der Waals surface area contributed by atoms with Crippen LogP contribution in [-0.2, 0) is 4.79 Å². The summed E-state index contributed by atoms with van der Waals surface area (Å²) >= 11 is 0. The SMILES string of the molecule is C=C/C=C(\C=C\CN1CCCC1)CN1CC(=O)Nc2c(N)nc(OCC(C)(C)C)nc21.CC. The van der Waals surface area contributed by atoms with Crippen molar-refractivity contribution in [1.82, 2.24) is 14.9 Å². The van der Waals surface area contributed by atoms with Crippen molar-refractivity contribution >= 4 is 23.2 Å². The van der Waals surface area contributed by atoms with Gasteiger partial charge in [0.25, 0.3) is 0 Å². The fourth-order valence-electron chi connectivity index (χ4n) is 3.55. The molecule has 0 bridgehead atoms. The second-order valence-electron chi connectivity index (χ2n) is 9.23. The van der Waals surface area contributed by atoms with E-state index in [1.807, 2.05) is 24.8 Å². The normalized spacial score (nSPS) is 16.8. The highest BCUT2D eigenvalue weighted by Crippen LogP contribution is 2.34. The fourth-order valence-corrected chi connectivity index (χ4v) is 3.55. The molecule has 0 aromatic carbocycles. The van der Waals surface area contributed by atoms with Gasteiger partial charge in [0.15, 0.2) is 11.6 Å². The molecule has 3 rings (SSSR count). The monoisotopic (exact) mass is 456 g/mol. The highest BCUT2D eigenvalue weighted by atomic mass is 16.5. The van der Waals surface area contributed by atoms with E-state index in [4.69, 9.17) is 10.5 Å². The van der Waals surface area contributed by atoms with Crippen LogP contribution in [0.5, 0.6) is 6.01 Å². The molecule has 0 atom stereocenters. The number of carbonyl (C=O) groups is 1.